The zero-order chi connectivity index (χ0) is 22.1. The van der Waals surface area contributed by atoms with Gasteiger partial charge < -0.3 is 14.8 Å². The highest BCUT2D eigenvalue weighted by Crippen LogP contribution is 2.15. The minimum Gasteiger partial charge on any atom is -0.487 e. The van der Waals surface area contributed by atoms with Gasteiger partial charge in [0, 0.05) is 18.0 Å². The first-order chi connectivity index (χ1) is 15.0. The van der Waals surface area contributed by atoms with Crippen LogP contribution in [0.5, 0.6) is 5.75 Å². The van der Waals surface area contributed by atoms with Crippen LogP contribution in [0, 0.1) is 13.8 Å². The number of anilines is 1. The minimum absolute atomic E-state index is 0.351. The van der Waals surface area contributed by atoms with Gasteiger partial charge in [-0.3, -0.25) is 9.78 Å². The number of amides is 1. The molecule has 0 bridgehead atoms. The van der Waals surface area contributed by atoms with Gasteiger partial charge in [0.15, 0.2) is 6.61 Å². The van der Waals surface area contributed by atoms with Crippen molar-refractivity contribution in [3.05, 3.63) is 95.3 Å². The van der Waals surface area contributed by atoms with Crippen LogP contribution in [0.1, 0.15) is 22.4 Å². The van der Waals surface area contributed by atoms with Crippen LogP contribution in [-0.4, -0.2) is 23.5 Å². The first kappa shape index (κ1) is 21.8. The Morgan fingerprint density at radius 1 is 1.00 bits per heavy atom. The Hall–Kier alpha value is -3.93. The van der Waals surface area contributed by atoms with E-state index in [2.05, 4.69) is 10.3 Å². The molecule has 158 valence electrons. The van der Waals surface area contributed by atoms with Gasteiger partial charge in [-0.05, 0) is 73.0 Å². The molecule has 0 atom stereocenters. The predicted octanol–water partition coefficient (Wildman–Crippen LogP) is 4.47. The predicted molar refractivity (Wildman–Crippen MR) is 120 cm³/mol. The summed E-state index contributed by atoms with van der Waals surface area (Å²) in [5.74, 6) is -0.277. The van der Waals surface area contributed by atoms with Crippen molar-refractivity contribution in [3.8, 4) is 5.75 Å². The number of ether oxygens (including phenoxy) is 2. The van der Waals surface area contributed by atoms with E-state index in [1.165, 1.54) is 6.08 Å². The summed E-state index contributed by atoms with van der Waals surface area (Å²) in [5.41, 5.74) is 4.42. The molecule has 1 heterocycles. The summed E-state index contributed by atoms with van der Waals surface area (Å²) in [4.78, 5) is 28.1. The molecule has 0 aliphatic rings. The Balaban J connectivity index is 1.43. The molecule has 1 aromatic heterocycles. The van der Waals surface area contributed by atoms with Crippen LogP contribution < -0.4 is 10.1 Å². The number of nitrogens with zero attached hydrogens (tertiary/aromatic N) is 1. The van der Waals surface area contributed by atoms with Crippen molar-refractivity contribution in [2.45, 2.75) is 20.5 Å². The molecular formula is C25H24N2O4. The van der Waals surface area contributed by atoms with Crippen LogP contribution in [0.4, 0.5) is 5.69 Å². The van der Waals surface area contributed by atoms with Crippen molar-refractivity contribution in [1.82, 2.24) is 4.98 Å². The third-order valence-corrected chi connectivity index (χ3v) is 4.26. The third kappa shape index (κ3) is 7.44. The number of hydrogen-bond acceptors (Lipinski definition) is 5. The number of hydrogen-bond donors (Lipinski definition) is 1. The maximum atomic E-state index is 12.0. The largest absolute Gasteiger partial charge is 0.487 e. The maximum Gasteiger partial charge on any atom is 0.331 e. The highest BCUT2D eigenvalue weighted by Gasteiger charge is 2.06. The number of carbonyl (C=O) groups excluding carboxylic acids is 2. The summed E-state index contributed by atoms with van der Waals surface area (Å²) < 4.78 is 10.7. The van der Waals surface area contributed by atoms with Crippen molar-refractivity contribution in [2.24, 2.45) is 0 Å². The summed E-state index contributed by atoms with van der Waals surface area (Å²) in [6.45, 7) is 3.93. The maximum absolute atomic E-state index is 12.0. The smallest absolute Gasteiger partial charge is 0.331 e. The molecule has 0 unspecified atom stereocenters. The summed E-state index contributed by atoms with van der Waals surface area (Å²) in [7, 11) is 0. The van der Waals surface area contributed by atoms with Crippen LogP contribution in [0.15, 0.2) is 72.9 Å². The van der Waals surface area contributed by atoms with Crippen LogP contribution in [0.2, 0.25) is 0 Å². The van der Waals surface area contributed by atoms with E-state index in [9.17, 15) is 9.59 Å². The van der Waals surface area contributed by atoms with Crippen LogP contribution in [0.3, 0.4) is 0 Å². The molecule has 0 spiro atoms. The summed E-state index contributed by atoms with van der Waals surface area (Å²) in [5, 5.41) is 2.72. The minimum atomic E-state index is -0.592. The van der Waals surface area contributed by atoms with Crippen molar-refractivity contribution >= 4 is 23.6 Å². The van der Waals surface area contributed by atoms with Gasteiger partial charge >= 0.3 is 5.97 Å². The lowest BCUT2D eigenvalue weighted by Crippen LogP contribution is -2.20. The first-order valence-corrected chi connectivity index (χ1v) is 9.84. The first-order valence-electron chi connectivity index (χ1n) is 9.84. The Morgan fingerprint density at radius 2 is 1.74 bits per heavy atom. The fraction of sp³-hybridized carbons (Fsp3) is 0.160. The van der Waals surface area contributed by atoms with E-state index >= 15 is 0 Å². The molecule has 0 fully saturated rings. The molecule has 0 saturated carbocycles. The lowest BCUT2D eigenvalue weighted by atomic mass is 10.1. The fourth-order valence-electron chi connectivity index (χ4n) is 2.91. The van der Waals surface area contributed by atoms with Gasteiger partial charge in [0.2, 0.25) is 0 Å². The Morgan fingerprint density at radius 3 is 2.42 bits per heavy atom. The summed E-state index contributed by atoms with van der Waals surface area (Å²) in [6.07, 6.45) is 4.62. The van der Waals surface area contributed by atoms with E-state index in [1.54, 1.807) is 12.3 Å². The number of esters is 1. The van der Waals surface area contributed by atoms with E-state index in [0.29, 0.717) is 18.0 Å². The molecule has 2 aromatic carbocycles. The standard InChI is InChI=1S/C25H24N2O4/c1-18-13-19(2)15-22(14-18)27-24(28)17-31-25(29)11-8-20-6-9-23(10-7-20)30-16-21-5-3-4-12-26-21/h3-15H,16-17H2,1-2H3,(H,27,28). The van der Waals surface area contributed by atoms with Gasteiger partial charge in [0.1, 0.15) is 12.4 Å². The van der Waals surface area contributed by atoms with Gasteiger partial charge in [-0.1, -0.05) is 24.3 Å². The fourth-order valence-corrected chi connectivity index (χ4v) is 2.91. The van der Waals surface area contributed by atoms with Crippen LogP contribution in [0.25, 0.3) is 6.08 Å². The van der Waals surface area contributed by atoms with Gasteiger partial charge in [0.05, 0.1) is 5.69 Å². The highest BCUT2D eigenvalue weighted by atomic mass is 16.5. The normalized spacial score (nSPS) is 10.6. The molecule has 0 aliphatic carbocycles. The number of nitrogens with one attached hydrogen (secondary N) is 1. The zero-order valence-corrected chi connectivity index (χ0v) is 17.5. The molecule has 6 heteroatoms. The molecule has 3 rings (SSSR count). The summed E-state index contributed by atoms with van der Waals surface area (Å²) >= 11 is 0. The average molecular weight is 416 g/mol. The summed E-state index contributed by atoms with van der Waals surface area (Å²) in [6, 6.07) is 18.7. The van der Waals surface area contributed by atoms with Gasteiger partial charge in [0.25, 0.3) is 5.91 Å². The Labute approximate surface area is 181 Å². The molecule has 1 N–H and O–H groups in total. The van der Waals surface area contributed by atoms with Crippen molar-refractivity contribution in [2.75, 3.05) is 11.9 Å². The number of rotatable bonds is 8. The van der Waals surface area contributed by atoms with Gasteiger partial charge in [-0.2, -0.15) is 0 Å². The molecule has 0 radical (unpaired) electrons. The van der Waals surface area contributed by atoms with Gasteiger partial charge in [-0.25, -0.2) is 4.79 Å². The van der Waals surface area contributed by atoms with Crippen LogP contribution in [-0.2, 0) is 20.9 Å². The molecule has 3 aromatic rings. The second-order valence-electron chi connectivity index (χ2n) is 7.04. The molecule has 31 heavy (non-hydrogen) atoms. The lowest BCUT2D eigenvalue weighted by Gasteiger charge is -2.07. The molecule has 0 aliphatic heterocycles. The molecule has 1 amide bonds. The number of pyridine rings is 1. The number of benzene rings is 2. The van der Waals surface area contributed by atoms with Gasteiger partial charge in [-0.15, -0.1) is 0 Å². The van der Waals surface area contributed by atoms with Crippen molar-refractivity contribution in [3.63, 3.8) is 0 Å². The highest BCUT2D eigenvalue weighted by molar-refractivity contribution is 5.94. The second-order valence-corrected chi connectivity index (χ2v) is 7.04. The average Bonchev–Trinajstić information content (AvgIpc) is 2.75. The quantitative estimate of drug-likeness (QED) is 0.433. The SMILES string of the molecule is Cc1cc(C)cc(NC(=O)COC(=O)C=Cc2ccc(OCc3ccccn3)cc2)c1. The number of aryl methyl sites for hydroxylation is 2. The zero-order valence-electron chi connectivity index (χ0n) is 17.5. The molecule has 0 saturated heterocycles. The van der Waals surface area contributed by atoms with Crippen LogP contribution >= 0.6 is 0 Å². The third-order valence-electron chi connectivity index (χ3n) is 4.26. The van der Waals surface area contributed by atoms with E-state index in [-0.39, 0.29) is 12.5 Å². The topological polar surface area (TPSA) is 77.5 Å². The Kier molecular flexibility index (Phi) is 7.54. The van der Waals surface area contributed by atoms with E-state index in [1.807, 2.05) is 74.5 Å². The lowest BCUT2D eigenvalue weighted by molar-refractivity contribution is -0.142. The number of carbonyl (C=O) groups is 2. The van der Waals surface area contributed by atoms with Crippen molar-refractivity contribution in [1.29, 1.82) is 0 Å². The second kappa shape index (κ2) is 10.7. The monoisotopic (exact) mass is 416 g/mol. The van der Waals surface area contributed by atoms with E-state index in [0.717, 1.165) is 22.4 Å². The Bertz CT molecular complexity index is 1040. The molecule has 6 nitrogen and oxygen atoms in total. The molecular weight excluding hydrogens is 392 g/mol. The van der Waals surface area contributed by atoms with E-state index in [4.69, 9.17) is 9.47 Å². The van der Waals surface area contributed by atoms with Crippen molar-refractivity contribution < 1.29 is 19.1 Å². The van der Waals surface area contributed by atoms with E-state index < -0.39 is 5.97 Å². The number of aromatic nitrogens is 1.